The van der Waals surface area contributed by atoms with E-state index in [4.69, 9.17) is 0 Å². The smallest absolute Gasteiger partial charge is 0.274 e. The van der Waals surface area contributed by atoms with Crippen molar-refractivity contribution in [2.75, 3.05) is 0 Å². The Balaban J connectivity index is 2.40. The molecule has 1 heterocycles. The van der Waals surface area contributed by atoms with Crippen LogP contribution < -0.4 is 5.32 Å². The predicted molar refractivity (Wildman–Crippen MR) is 76.6 cm³/mol. The van der Waals surface area contributed by atoms with E-state index < -0.39 is 0 Å². The average Bonchev–Trinajstić information content (AvgIpc) is 2.42. The normalized spacial score (nSPS) is 17.4. The molecule has 1 aromatic rings. The van der Waals surface area contributed by atoms with Gasteiger partial charge in [0.15, 0.2) is 0 Å². The van der Waals surface area contributed by atoms with Gasteiger partial charge in [0.1, 0.15) is 5.82 Å². The lowest BCUT2D eigenvalue weighted by molar-refractivity contribution is -0.122. The Morgan fingerprint density at radius 3 is 2.61 bits per heavy atom. The SMILES string of the molecule is CC=C1NC=C(I)C(=O)N1C(=O)c1ccccc1. The van der Waals surface area contributed by atoms with Crippen LogP contribution in [-0.2, 0) is 4.79 Å². The summed E-state index contributed by atoms with van der Waals surface area (Å²) in [5.74, 6) is -0.158. The fraction of sp³-hybridized carbons (Fsp3) is 0.0769. The number of nitrogens with zero attached hydrogens (tertiary/aromatic N) is 1. The number of rotatable bonds is 1. The van der Waals surface area contributed by atoms with E-state index in [1.807, 2.05) is 28.7 Å². The van der Waals surface area contributed by atoms with Crippen LogP contribution in [0.2, 0.25) is 0 Å². The third-order valence-electron chi connectivity index (χ3n) is 2.49. The van der Waals surface area contributed by atoms with Crippen molar-refractivity contribution in [1.29, 1.82) is 0 Å². The molecule has 0 radical (unpaired) electrons. The molecule has 0 saturated carbocycles. The number of hydrogen-bond acceptors (Lipinski definition) is 3. The largest absolute Gasteiger partial charge is 0.347 e. The number of carbonyl (C=O) groups excluding carboxylic acids is 2. The molecular formula is C13H11IN2O2. The molecule has 1 aromatic carbocycles. The van der Waals surface area contributed by atoms with Gasteiger partial charge in [-0.15, -0.1) is 0 Å². The minimum absolute atomic E-state index is 0.309. The Morgan fingerprint density at radius 1 is 1.33 bits per heavy atom. The molecule has 0 spiro atoms. The third-order valence-corrected chi connectivity index (χ3v) is 3.27. The Bertz CT molecular complexity index is 547. The fourth-order valence-electron chi connectivity index (χ4n) is 1.60. The van der Waals surface area contributed by atoms with Crippen LogP contribution in [0, 0.1) is 0 Å². The van der Waals surface area contributed by atoms with E-state index >= 15 is 0 Å². The van der Waals surface area contributed by atoms with Crippen LogP contribution in [0.3, 0.4) is 0 Å². The van der Waals surface area contributed by atoms with Crippen molar-refractivity contribution in [2.24, 2.45) is 0 Å². The maximum atomic E-state index is 12.3. The van der Waals surface area contributed by atoms with Crippen molar-refractivity contribution in [3.63, 3.8) is 0 Å². The maximum Gasteiger partial charge on any atom is 0.274 e. The van der Waals surface area contributed by atoms with Crippen LogP contribution >= 0.6 is 22.6 Å². The number of hydrogen-bond donors (Lipinski definition) is 1. The van der Waals surface area contributed by atoms with Crippen LogP contribution in [-0.4, -0.2) is 16.7 Å². The summed E-state index contributed by atoms with van der Waals surface area (Å²) < 4.78 is 0.475. The summed E-state index contributed by atoms with van der Waals surface area (Å²) in [4.78, 5) is 25.5. The molecule has 2 amide bonds. The van der Waals surface area contributed by atoms with E-state index in [1.165, 1.54) is 0 Å². The number of imide groups is 1. The molecule has 1 N–H and O–H groups in total. The van der Waals surface area contributed by atoms with Crippen LogP contribution in [0.1, 0.15) is 17.3 Å². The van der Waals surface area contributed by atoms with Gasteiger partial charge in [-0.1, -0.05) is 18.2 Å². The van der Waals surface area contributed by atoms with Gasteiger partial charge in [-0.25, -0.2) is 4.90 Å². The van der Waals surface area contributed by atoms with E-state index in [2.05, 4.69) is 5.32 Å². The molecule has 1 aliphatic rings. The van der Waals surface area contributed by atoms with Gasteiger partial charge in [-0.2, -0.15) is 0 Å². The zero-order chi connectivity index (χ0) is 13.1. The van der Waals surface area contributed by atoms with Crippen molar-refractivity contribution in [3.05, 3.63) is 57.6 Å². The highest BCUT2D eigenvalue weighted by Gasteiger charge is 2.30. The van der Waals surface area contributed by atoms with Gasteiger partial charge < -0.3 is 5.32 Å². The van der Waals surface area contributed by atoms with Crippen molar-refractivity contribution < 1.29 is 9.59 Å². The Morgan fingerprint density at radius 2 is 2.00 bits per heavy atom. The molecule has 2 rings (SSSR count). The van der Waals surface area contributed by atoms with E-state index in [9.17, 15) is 9.59 Å². The standard InChI is InChI=1S/C13H11IN2O2/c1-2-11-15-8-10(14)13(18)16(11)12(17)9-6-4-3-5-7-9/h2-8,15H,1H3. The number of benzene rings is 1. The number of amides is 2. The van der Waals surface area contributed by atoms with Crippen molar-refractivity contribution in [2.45, 2.75) is 6.92 Å². The average molecular weight is 354 g/mol. The van der Waals surface area contributed by atoms with Crippen LogP contribution in [0.25, 0.3) is 0 Å². The van der Waals surface area contributed by atoms with E-state index in [0.717, 1.165) is 4.90 Å². The molecule has 18 heavy (non-hydrogen) atoms. The highest BCUT2D eigenvalue weighted by molar-refractivity contribution is 14.1. The van der Waals surface area contributed by atoms with E-state index in [1.54, 1.807) is 43.5 Å². The lowest BCUT2D eigenvalue weighted by atomic mass is 10.2. The Labute approximate surface area is 118 Å². The van der Waals surface area contributed by atoms with Gasteiger partial charge in [0.25, 0.3) is 11.8 Å². The topological polar surface area (TPSA) is 49.4 Å². The molecule has 0 fully saturated rings. The zero-order valence-corrected chi connectivity index (χ0v) is 11.8. The van der Waals surface area contributed by atoms with Crippen LogP contribution in [0.5, 0.6) is 0 Å². The molecule has 0 aliphatic carbocycles. The summed E-state index contributed by atoms with van der Waals surface area (Å²) in [5, 5.41) is 2.93. The van der Waals surface area contributed by atoms with E-state index in [-0.39, 0.29) is 11.8 Å². The predicted octanol–water partition coefficient (Wildman–Crippen LogP) is 2.40. The summed E-state index contributed by atoms with van der Waals surface area (Å²) in [5.41, 5.74) is 0.484. The van der Waals surface area contributed by atoms with Gasteiger partial charge in [0.05, 0.1) is 3.58 Å². The summed E-state index contributed by atoms with van der Waals surface area (Å²) in [6.45, 7) is 1.77. The highest BCUT2D eigenvalue weighted by Crippen LogP contribution is 2.20. The van der Waals surface area contributed by atoms with Crippen molar-refractivity contribution >= 4 is 34.4 Å². The third kappa shape index (κ3) is 2.31. The summed E-state index contributed by atoms with van der Waals surface area (Å²) in [6.07, 6.45) is 3.28. The monoisotopic (exact) mass is 354 g/mol. The molecular weight excluding hydrogens is 343 g/mol. The Kier molecular flexibility index (Phi) is 3.81. The summed E-state index contributed by atoms with van der Waals surface area (Å²) >= 11 is 1.91. The molecule has 5 heteroatoms. The van der Waals surface area contributed by atoms with Crippen molar-refractivity contribution in [1.82, 2.24) is 10.2 Å². The second-order valence-electron chi connectivity index (χ2n) is 3.62. The molecule has 0 bridgehead atoms. The molecule has 0 saturated heterocycles. The molecule has 92 valence electrons. The minimum Gasteiger partial charge on any atom is -0.347 e. The minimum atomic E-state index is -0.330. The van der Waals surface area contributed by atoms with Crippen LogP contribution in [0.15, 0.2) is 52.0 Å². The van der Waals surface area contributed by atoms with Gasteiger partial charge in [0, 0.05) is 11.8 Å². The first-order chi connectivity index (χ1) is 8.65. The lowest BCUT2D eigenvalue weighted by Gasteiger charge is -2.26. The number of nitrogens with one attached hydrogen (secondary N) is 1. The number of carbonyl (C=O) groups is 2. The molecule has 0 unspecified atom stereocenters. The van der Waals surface area contributed by atoms with E-state index in [0.29, 0.717) is 15.0 Å². The second-order valence-corrected chi connectivity index (χ2v) is 4.78. The van der Waals surface area contributed by atoms with Gasteiger partial charge in [-0.05, 0) is 47.7 Å². The fourth-order valence-corrected chi connectivity index (χ4v) is 2.00. The van der Waals surface area contributed by atoms with Gasteiger partial charge >= 0.3 is 0 Å². The molecule has 0 aromatic heterocycles. The summed E-state index contributed by atoms with van der Waals surface area (Å²) in [7, 11) is 0. The number of halogens is 1. The first-order valence-corrected chi connectivity index (χ1v) is 6.45. The highest BCUT2D eigenvalue weighted by atomic mass is 127. The van der Waals surface area contributed by atoms with Crippen molar-refractivity contribution in [3.8, 4) is 0 Å². The summed E-state index contributed by atoms with van der Waals surface area (Å²) in [6, 6.07) is 8.74. The lowest BCUT2D eigenvalue weighted by Crippen LogP contribution is -2.43. The molecule has 1 aliphatic heterocycles. The molecule has 4 nitrogen and oxygen atoms in total. The van der Waals surface area contributed by atoms with Gasteiger partial charge in [-0.3, -0.25) is 9.59 Å². The molecule has 0 atom stereocenters. The second kappa shape index (κ2) is 5.34. The first-order valence-electron chi connectivity index (χ1n) is 5.37. The maximum absolute atomic E-state index is 12.3. The van der Waals surface area contributed by atoms with Crippen LogP contribution in [0.4, 0.5) is 0 Å². The van der Waals surface area contributed by atoms with Gasteiger partial charge in [0.2, 0.25) is 0 Å². The number of allylic oxidation sites excluding steroid dienone is 1. The Hall–Kier alpha value is -1.63. The quantitative estimate of drug-likeness (QED) is 0.623. The first kappa shape index (κ1) is 12.8. The zero-order valence-electron chi connectivity index (χ0n) is 9.68.